The fourth-order valence-electron chi connectivity index (χ4n) is 1.65. The van der Waals surface area contributed by atoms with Gasteiger partial charge in [-0.25, -0.2) is 9.50 Å². The monoisotopic (exact) mass is 262 g/mol. The molecule has 2 rings (SSSR count). The van der Waals surface area contributed by atoms with E-state index in [0.717, 1.165) is 6.42 Å². The first-order valence-electron chi connectivity index (χ1n) is 6.28. The van der Waals surface area contributed by atoms with Gasteiger partial charge in [0.1, 0.15) is 5.69 Å². The molecule has 2 aromatic rings. The standard InChI is InChI=1S/C13H18N4O2/c1-9(2)6-7-14-13(18)10-8-17-11(15-10)4-5-12(16-17)19-3/h4-5,8-9H,6-7H2,1-3H3,(H,14,18). The Morgan fingerprint density at radius 1 is 1.47 bits per heavy atom. The van der Waals surface area contributed by atoms with Crippen molar-refractivity contribution in [3.05, 3.63) is 24.0 Å². The molecule has 0 aliphatic rings. The van der Waals surface area contributed by atoms with Gasteiger partial charge in [0.25, 0.3) is 5.91 Å². The molecule has 0 aliphatic heterocycles. The second kappa shape index (κ2) is 5.69. The molecule has 19 heavy (non-hydrogen) atoms. The maximum absolute atomic E-state index is 11.9. The van der Waals surface area contributed by atoms with E-state index in [2.05, 4.69) is 29.2 Å². The fourth-order valence-corrected chi connectivity index (χ4v) is 1.65. The SMILES string of the molecule is COc1ccc2nc(C(=O)NCCC(C)C)cn2n1. The molecule has 6 heteroatoms. The van der Waals surface area contributed by atoms with Gasteiger partial charge < -0.3 is 10.1 Å². The number of nitrogens with zero attached hydrogens (tertiary/aromatic N) is 3. The number of hydrogen-bond donors (Lipinski definition) is 1. The van der Waals surface area contributed by atoms with Crippen molar-refractivity contribution >= 4 is 11.6 Å². The number of hydrogen-bond acceptors (Lipinski definition) is 4. The molecule has 2 heterocycles. The zero-order chi connectivity index (χ0) is 13.8. The minimum atomic E-state index is -0.176. The Labute approximate surface area is 111 Å². The molecule has 0 saturated heterocycles. The highest BCUT2D eigenvalue weighted by Crippen LogP contribution is 2.09. The maximum Gasteiger partial charge on any atom is 0.271 e. The average molecular weight is 262 g/mol. The third-order valence-corrected chi connectivity index (χ3v) is 2.74. The molecule has 102 valence electrons. The van der Waals surface area contributed by atoms with Crippen LogP contribution in [-0.2, 0) is 0 Å². The van der Waals surface area contributed by atoms with Crippen LogP contribution in [0.2, 0.25) is 0 Å². The number of imidazole rings is 1. The van der Waals surface area contributed by atoms with E-state index in [1.54, 1.807) is 25.4 Å². The van der Waals surface area contributed by atoms with Gasteiger partial charge in [-0.05, 0) is 18.4 Å². The number of aromatic nitrogens is 3. The van der Waals surface area contributed by atoms with Crippen LogP contribution >= 0.6 is 0 Å². The Morgan fingerprint density at radius 2 is 2.26 bits per heavy atom. The largest absolute Gasteiger partial charge is 0.480 e. The molecule has 1 N–H and O–H groups in total. The van der Waals surface area contributed by atoms with E-state index in [9.17, 15) is 4.79 Å². The summed E-state index contributed by atoms with van der Waals surface area (Å²) in [6.07, 6.45) is 2.55. The summed E-state index contributed by atoms with van der Waals surface area (Å²) in [6, 6.07) is 3.47. The van der Waals surface area contributed by atoms with Crippen LogP contribution in [0.3, 0.4) is 0 Å². The van der Waals surface area contributed by atoms with E-state index in [4.69, 9.17) is 4.74 Å². The molecular formula is C13H18N4O2. The van der Waals surface area contributed by atoms with Gasteiger partial charge >= 0.3 is 0 Å². The average Bonchev–Trinajstić information content (AvgIpc) is 2.80. The van der Waals surface area contributed by atoms with Crippen molar-refractivity contribution in [2.45, 2.75) is 20.3 Å². The van der Waals surface area contributed by atoms with Crippen LogP contribution in [0.1, 0.15) is 30.8 Å². The van der Waals surface area contributed by atoms with E-state index in [-0.39, 0.29) is 5.91 Å². The van der Waals surface area contributed by atoms with Crippen molar-refractivity contribution in [2.24, 2.45) is 5.92 Å². The Balaban J connectivity index is 2.10. The topological polar surface area (TPSA) is 68.5 Å². The van der Waals surface area contributed by atoms with Gasteiger partial charge in [-0.2, -0.15) is 0 Å². The second-order valence-electron chi connectivity index (χ2n) is 4.74. The number of carbonyl (C=O) groups is 1. The second-order valence-corrected chi connectivity index (χ2v) is 4.74. The van der Waals surface area contributed by atoms with E-state index >= 15 is 0 Å². The highest BCUT2D eigenvalue weighted by Gasteiger charge is 2.11. The molecule has 0 unspecified atom stereocenters. The lowest BCUT2D eigenvalue weighted by Gasteiger charge is -2.04. The maximum atomic E-state index is 11.9. The lowest BCUT2D eigenvalue weighted by atomic mass is 10.1. The van der Waals surface area contributed by atoms with E-state index in [1.165, 1.54) is 4.52 Å². The van der Waals surface area contributed by atoms with Gasteiger partial charge in [0.15, 0.2) is 5.65 Å². The summed E-state index contributed by atoms with van der Waals surface area (Å²) in [5, 5.41) is 7.00. The fraction of sp³-hybridized carbons (Fsp3) is 0.462. The quantitative estimate of drug-likeness (QED) is 0.887. The molecular weight excluding hydrogens is 244 g/mol. The number of nitrogens with one attached hydrogen (secondary N) is 1. The van der Waals surface area contributed by atoms with Crippen molar-refractivity contribution in [3.8, 4) is 5.88 Å². The Morgan fingerprint density at radius 3 is 2.95 bits per heavy atom. The molecule has 0 spiro atoms. The van der Waals surface area contributed by atoms with Crippen molar-refractivity contribution in [1.82, 2.24) is 19.9 Å². The van der Waals surface area contributed by atoms with Crippen LogP contribution in [0.4, 0.5) is 0 Å². The minimum absolute atomic E-state index is 0.176. The van der Waals surface area contributed by atoms with Crippen molar-refractivity contribution in [1.29, 1.82) is 0 Å². The first-order chi connectivity index (χ1) is 9.10. The Kier molecular flexibility index (Phi) is 3.99. The predicted octanol–water partition coefficient (Wildman–Crippen LogP) is 1.51. The molecule has 0 radical (unpaired) electrons. The van der Waals surface area contributed by atoms with Crippen molar-refractivity contribution in [2.75, 3.05) is 13.7 Å². The first-order valence-corrected chi connectivity index (χ1v) is 6.28. The smallest absolute Gasteiger partial charge is 0.271 e. The summed E-state index contributed by atoms with van der Waals surface area (Å²) in [5.41, 5.74) is 0.985. The third-order valence-electron chi connectivity index (χ3n) is 2.74. The normalized spacial score (nSPS) is 10.9. The van der Waals surface area contributed by atoms with E-state index in [1.807, 2.05) is 0 Å². The summed E-state index contributed by atoms with van der Waals surface area (Å²) in [5.74, 6) is 0.870. The lowest BCUT2D eigenvalue weighted by molar-refractivity contribution is 0.0947. The zero-order valence-corrected chi connectivity index (χ0v) is 11.4. The van der Waals surface area contributed by atoms with Gasteiger partial charge in [0.2, 0.25) is 5.88 Å². The highest BCUT2D eigenvalue weighted by atomic mass is 16.5. The van der Waals surface area contributed by atoms with Crippen LogP contribution in [0.15, 0.2) is 18.3 Å². The summed E-state index contributed by atoms with van der Waals surface area (Å²) < 4.78 is 6.56. The molecule has 0 aliphatic carbocycles. The summed E-state index contributed by atoms with van der Waals surface area (Å²) in [7, 11) is 1.55. The number of fused-ring (bicyclic) bond motifs is 1. The molecule has 1 amide bonds. The van der Waals surface area contributed by atoms with Crippen LogP contribution in [0.25, 0.3) is 5.65 Å². The molecule has 6 nitrogen and oxygen atoms in total. The number of ether oxygens (including phenoxy) is 1. The molecule has 0 fully saturated rings. The van der Waals surface area contributed by atoms with Crippen LogP contribution in [0, 0.1) is 5.92 Å². The Hall–Kier alpha value is -2.11. The lowest BCUT2D eigenvalue weighted by Crippen LogP contribution is -2.25. The van der Waals surface area contributed by atoms with Crippen LogP contribution in [0.5, 0.6) is 5.88 Å². The van der Waals surface area contributed by atoms with Gasteiger partial charge in [-0.3, -0.25) is 4.79 Å². The van der Waals surface area contributed by atoms with E-state index in [0.29, 0.717) is 29.7 Å². The molecule has 0 saturated carbocycles. The molecule has 0 atom stereocenters. The zero-order valence-electron chi connectivity index (χ0n) is 11.4. The summed E-state index contributed by atoms with van der Waals surface area (Å²) >= 11 is 0. The number of methoxy groups -OCH3 is 1. The van der Waals surface area contributed by atoms with Gasteiger partial charge in [-0.1, -0.05) is 13.8 Å². The molecule has 2 aromatic heterocycles. The summed E-state index contributed by atoms with van der Waals surface area (Å²) in [4.78, 5) is 16.1. The van der Waals surface area contributed by atoms with Gasteiger partial charge in [0, 0.05) is 12.6 Å². The summed E-state index contributed by atoms with van der Waals surface area (Å²) in [6.45, 7) is 4.89. The predicted molar refractivity (Wildman–Crippen MR) is 71.3 cm³/mol. The number of rotatable bonds is 5. The highest BCUT2D eigenvalue weighted by molar-refractivity contribution is 5.92. The van der Waals surface area contributed by atoms with Crippen LogP contribution in [-0.4, -0.2) is 34.2 Å². The number of amides is 1. The molecule has 0 bridgehead atoms. The van der Waals surface area contributed by atoms with Crippen molar-refractivity contribution < 1.29 is 9.53 Å². The number of carbonyl (C=O) groups excluding carboxylic acids is 1. The molecule has 0 aromatic carbocycles. The van der Waals surface area contributed by atoms with Crippen molar-refractivity contribution in [3.63, 3.8) is 0 Å². The minimum Gasteiger partial charge on any atom is -0.480 e. The van der Waals surface area contributed by atoms with Gasteiger partial charge in [-0.15, -0.1) is 5.10 Å². The first kappa shape index (κ1) is 13.3. The van der Waals surface area contributed by atoms with Gasteiger partial charge in [0.05, 0.1) is 13.3 Å². The third kappa shape index (κ3) is 3.21. The van der Waals surface area contributed by atoms with E-state index < -0.39 is 0 Å². The van der Waals surface area contributed by atoms with Crippen LogP contribution < -0.4 is 10.1 Å². The Bertz CT molecular complexity index is 577.